The van der Waals surface area contributed by atoms with Gasteiger partial charge in [0.25, 0.3) is 0 Å². The first-order valence-electron chi connectivity index (χ1n) is 16.8. The molecule has 2 bridgehead atoms. The molecule has 2 atom stereocenters. The van der Waals surface area contributed by atoms with E-state index in [2.05, 4.69) is 25.7 Å². The topological polar surface area (TPSA) is 83.9 Å². The Kier molecular flexibility index (Phi) is 7.55. The van der Waals surface area contributed by atoms with Crippen LogP contribution in [0.3, 0.4) is 0 Å². The Morgan fingerprint density at radius 1 is 1.04 bits per heavy atom. The highest BCUT2D eigenvalue weighted by atomic mass is 79.9. The number of pyridine rings is 1. The predicted octanol–water partition coefficient (Wildman–Crippen LogP) is 7.34. The van der Waals surface area contributed by atoms with Crippen LogP contribution in [-0.4, -0.2) is 86.9 Å². The van der Waals surface area contributed by atoms with Crippen molar-refractivity contribution in [2.75, 3.05) is 37.7 Å². The number of nitrogens with zero attached hydrogens (tertiary/aromatic N) is 6. The summed E-state index contributed by atoms with van der Waals surface area (Å²) in [6, 6.07) is 11.9. The van der Waals surface area contributed by atoms with E-state index < -0.39 is 11.4 Å². The van der Waals surface area contributed by atoms with Crippen LogP contribution in [0.5, 0.6) is 6.01 Å². The number of anilines is 1. The number of hydrogen-bond donors (Lipinski definition) is 0. The van der Waals surface area contributed by atoms with Crippen molar-refractivity contribution >= 4 is 49.5 Å². The molecule has 2 aromatic heterocycles. The average Bonchev–Trinajstić information content (AvgIpc) is 3.70. The number of carbonyl (C=O) groups excluding carboxylic acids is 1. The summed E-state index contributed by atoms with van der Waals surface area (Å²) in [5, 5.41) is 2.41. The van der Waals surface area contributed by atoms with Gasteiger partial charge in [-0.25, -0.2) is 9.18 Å². The summed E-state index contributed by atoms with van der Waals surface area (Å²) in [5.74, 6) is 0.0890. The highest BCUT2D eigenvalue weighted by Crippen LogP contribution is 2.41. The number of piperazine rings is 1. The van der Waals surface area contributed by atoms with Gasteiger partial charge in [-0.3, -0.25) is 14.8 Å². The Hall–Kier alpha value is -3.57. The molecule has 4 aromatic rings. The summed E-state index contributed by atoms with van der Waals surface area (Å²) in [6.45, 7) is 9.42. The predicted molar refractivity (Wildman–Crippen MR) is 183 cm³/mol. The van der Waals surface area contributed by atoms with Gasteiger partial charge in [-0.05, 0) is 83.8 Å². The maximum atomic E-state index is 16.9. The van der Waals surface area contributed by atoms with Crippen LogP contribution in [0.4, 0.5) is 15.0 Å². The Bertz CT molecular complexity index is 1850. The van der Waals surface area contributed by atoms with Crippen molar-refractivity contribution in [2.45, 2.75) is 82.5 Å². The number of carbonyl (C=O) groups is 1. The van der Waals surface area contributed by atoms with Crippen LogP contribution in [0.15, 0.2) is 47.1 Å². The maximum absolute atomic E-state index is 16.9. The van der Waals surface area contributed by atoms with Crippen molar-refractivity contribution in [2.24, 2.45) is 0 Å². The molecule has 1 amide bonds. The number of aromatic nitrogens is 3. The fourth-order valence-corrected chi connectivity index (χ4v) is 8.95. The maximum Gasteiger partial charge on any atom is 0.410 e. The minimum Gasteiger partial charge on any atom is -0.461 e. The molecule has 2 aromatic carbocycles. The molecule has 246 valence electrons. The van der Waals surface area contributed by atoms with Gasteiger partial charge in [-0.1, -0.05) is 46.3 Å². The van der Waals surface area contributed by atoms with Crippen LogP contribution < -0.4 is 9.64 Å². The van der Waals surface area contributed by atoms with E-state index in [9.17, 15) is 4.79 Å². The van der Waals surface area contributed by atoms with Crippen molar-refractivity contribution in [1.82, 2.24) is 24.8 Å². The fraction of sp³-hybridized carbons (Fsp3) is 0.500. The second-order valence-corrected chi connectivity index (χ2v) is 15.4. The van der Waals surface area contributed by atoms with E-state index in [1.165, 1.54) is 0 Å². The smallest absolute Gasteiger partial charge is 0.410 e. The third-order valence-electron chi connectivity index (χ3n) is 10.4. The Labute approximate surface area is 282 Å². The van der Waals surface area contributed by atoms with Gasteiger partial charge in [0.15, 0.2) is 5.82 Å². The van der Waals surface area contributed by atoms with E-state index in [1.807, 2.05) is 62.1 Å². The summed E-state index contributed by atoms with van der Waals surface area (Å²) in [4.78, 5) is 34.2. The molecule has 2 unspecified atom stereocenters. The number of benzene rings is 2. The van der Waals surface area contributed by atoms with Crippen molar-refractivity contribution in [3.63, 3.8) is 0 Å². The molecule has 0 N–H and O–H groups in total. The Balaban J connectivity index is 1.20. The number of halogens is 2. The number of fused-ring (bicyclic) bond motifs is 5. The molecule has 4 aliphatic heterocycles. The molecular weight excluding hydrogens is 663 g/mol. The third kappa shape index (κ3) is 5.39. The lowest BCUT2D eigenvalue weighted by atomic mass is 9.95. The molecule has 0 saturated carbocycles. The molecule has 0 spiro atoms. The molecule has 0 aliphatic carbocycles. The minimum absolute atomic E-state index is 0.00614. The number of ether oxygens (including phenoxy) is 2. The van der Waals surface area contributed by atoms with E-state index in [-0.39, 0.29) is 40.9 Å². The van der Waals surface area contributed by atoms with Gasteiger partial charge in [-0.2, -0.15) is 9.97 Å². The SMILES string of the molecule is CC(C)(C)OC(=O)N1C2CCC1CN(c1nc(OCC34CCCN3CCC4)nc3c(F)c(-c4cccc5cccc(Br)c45)ncc13)C2. The minimum atomic E-state index is -0.572. The highest BCUT2D eigenvalue weighted by Gasteiger charge is 2.46. The van der Waals surface area contributed by atoms with E-state index in [1.54, 1.807) is 6.20 Å². The van der Waals surface area contributed by atoms with Gasteiger partial charge in [0.05, 0.1) is 23.0 Å². The van der Waals surface area contributed by atoms with E-state index in [0.717, 1.165) is 66.9 Å². The first-order chi connectivity index (χ1) is 22.6. The van der Waals surface area contributed by atoms with Crippen LogP contribution in [-0.2, 0) is 4.74 Å². The summed E-state index contributed by atoms with van der Waals surface area (Å²) >= 11 is 3.67. The molecule has 11 heteroatoms. The van der Waals surface area contributed by atoms with Gasteiger partial charge < -0.3 is 14.4 Å². The summed E-state index contributed by atoms with van der Waals surface area (Å²) < 4.78 is 29.9. The molecule has 4 fully saturated rings. The number of amides is 1. The molecule has 0 radical (unpaired) electrons. The first-order valence-corrected chi connectivity index (χ1v) is 17.6. The molecule has 9 nitrogen and oxygen atoms in total. The van der Waals surface area contributed by atoms with Gasteiger partial charge in [0.1, 0.15) is 29.2 Å². The molecule has 4 aliphatic rings. The molecular formula is C36H40BrFN6O3. The zero-order valence-electron chi connectivity index (χ0n) is 27.1. The van der Waals surface area contributed by atoms with E-state index in [0.29, 0.717) is 36.5 Å². The summed E-state index contributed by atoms with van der Waals surface area (Å²) in [6.07, 6.45) is 7.64. The lowest BCUT2D eigenvalue weighted by Crippen LogP contribution is -2.57. The van der Waals surface area contributed by atoms with Crippen molar-refractivity contribution < 1.29 is 18.7 Å². The van der Waals surface area contributed by atoms with Crippen molar-refractivity contribution in [3.8, 4) is 17.3 Å². The average molecular weight is 704 g/mol. The largest absolute Gasteiger partial charge is 0.461 e. The fourth-order valence-electron chi connectivity index (χ4n) is 8.36. The van der Waals surface area contributed by atoms with Gasteiger partial charge in [-0.15, -0.1) is 0 Å². The lowest BCUT2D eigenvalue weighted by molar-refractivity contribution is 0.0122. The second kappa shape index (κ2) is 11.5. The second-order valence-electron chi connectivity index (χ2n) is 14.5. The molecule has 4 saturated heterocycles. The van der Waals surface area contributed by atoms with Crippen LogP contribution in [0.2, 0.25) is 0 Å². The van der Waals surface area contributed by atoms with Crippen LogP contribution in [0, 0.1) is 5.82 Å². The molecule has 6 heterocycles. The Morgan fingerprint density at radius 2 is 1.74 bits per heavy atom. The molecule has 8 rings (SSSR count). The quantitative estimate of drug-likeness (QED) is 0.214. The highest BCUT2D eigenvalue weighted by molar-refractivity contribution is 9.10. The zero-order valence-corrected chi connectivity index (χ0v) is 28.7. The first kappa shape index (κ1) is 30.7. The monoisotopic (exact) mass is 702 g/mol. The number of rotatable bonds is 5. The van der Waals surface area contributed by atoms with Gasteiger partial charge in [0.2, 0.25) is 0 Å². The van der Waals surface area contributed by atoms with Gasteiger partial charge in [0, 0.05) is 34.7 Å². The van der Waals surface area contributed by atoms with E-state index >= 15 is 4.39 Å². The van der Waals surface area contributed by atoms with Crippen LogP contribution in [0.1, 0.15) is 59.3 Å². The number of hydrogen-bond acceptors (Lipinski definition) is 8. The summed E-state index contributed by atoms with van der Waals surface area (Å²) in [5.41, 5.74) is 0.530. The van der Waals surface area contributed by atoms with Crippen LogP contribution >= 0.6 is 15.9 Å². The van der Waals surface area contributed by atoms with Crippen molar-refractivity contribution in [1.29, 1.82) is 0 Å². The lowest BCUT2D eigenvalue weighted by Gasteiger charge is -2.42. The standard InChI is InChI=1S/C36H40BrFN6O3/c1-35(2,3)47-34(45)44-23-12-13-24(44)20-42(19-23)32-26-18-39-30(25-10-4-8-22-9-5-11-27(37)28(22)25)29(38)31(26)40-33(41-32)46-21-36-14-6-16-43(36)17-7-15-36/h4-5,8-11,18,23-24H,6-7,12-17,19-21H2,1-3H3. The van der Waals surface area contributed by atoms with Crippen LogP contribution in [0.25, 0.3) is 32.9 Å². The van der Waals surface area contributed by atoms with Crippen molar-refractivity contribution in [3.05, 3.63) is 52.9 Å². The third-order valence-corrected chi connectivity index (χ3v) is 11.1. The van der Waals surface area contributed by atoms with E-state index in [4.69, 9.17) is 24.4 Å². The molecule has 47 heavy (non-hydrogen) atoms. The van der Waals surface area contributed by atoms with Gasteiger partial charge >= 0.3 is 12.1 Å². The summed E-state index contributed by atoms with van der Waals surface area (Å²) in [7, 11) is 0. The normalized spacial score (nSPS) is 22.3. The zero-order chi connectivity index (χ0) is 32.5. The Morgan fingerprint density at radius 3 is 2.45 bits per heavy atom.